The summed E-state index contributed by atoms with van der Waals surface area (Å²) in [6.07, 6.45) is 0. The molecule has 0 fully saturated rings. The summed E-state index contributed by atoms with van der Waals surface area (Å²) in [7, 11) is 0. The fraction of sp³-hybridized carbons (Fsp3) is 0. The third-order valence-electron chi connectivity index (χ3n) is 9.24. The van der Waals surface area contributed by atoms with Gasteiger partial charge in [0, 0.05) is 53.3 Å². The second-order valence-corrected chi connectivity index (χ2v) is 13.1. The molecule has 0 spiro atoms. The molecule has 0 aliphatic carbocycles. The predicted molar refractivity (Wildman–Crippen MR) is 201 cm³/mol. The quantitative estimate of drug-likeness (QED) is 0.194. The Labute approximate surface area is 280 Å². The summed E-state index contributed by atoms with van der Waals surface area (Å²) in [4.78, 5) is 14.8. The van der Waals surface area contributed by atoms with Crippen molar-refractivity contribution in [3.05, 3.63) is 158 Å². The molecule has 0 atom stereocenters. The van der Waals surface area contributed by atoms with Gasteiger partial charge in [-0.3, -0.25) is 0 Å². The van der Waals surface area contributed by atoms with Gasteiger partial charge in [-0.25, -0.2) is 15.0 Å². The molecular weight excluding hydrogens is 605 g/mol. The second kappa shape index (κ2) is 10.7. The van der Waals surface area contributed by atoms with Crippen LogP contribution in [0.25, 0.3) is 92.6 Å². The maximum atomic E-state index is 4.96. The first kappa shape index (κ1) is 27.0. The molecular formula is C43H26N4S. The highest BCUT2D eigenvalue weighted by Crippen LogP contribution is 2.45. The molecule has 0 aliphatic rings. The number of rotatable bonds is 4. The van der Waals surface area contributed by atoms with Gasteiger partial charge in [-0.1, -0.05) is 109 Å². The van der Waals surface area contributed by atoms with E-state index in [9.17, 15) is 0 Å². The van der Waals surface area contributed by atoms with Crippen LogP contribution in [0.5, 0.6) is 0 Å². The van der Waals surface area contributed by atoms with E-state index in [1.807, 2.05) is 72.0 Å². The van der Waals surface area contributed by atoms with E-state index in [2.05, 4.69) is 102 Å². The first-order valence-electron chi connectivity index (χ1n) is 16.0. The van der Waals surface area contributed by atoms with Crippen molar-refractivity contribution >= 4 is 64.1 Å². The SMILES string of the molecule is c1ccc(-c2nc(-c3ccccc3)nc(-c3ccc(-n4c5ccc6ccccc6c5c5c6c(ccc54)sc4ccccc46)cc3)n2)cc1. The van der Waals surface area contributed by atoms with Crippen molar-refractivity contribution in [3.8, 4) is 39.9 Å². The fourth-order valence-corrected chi connectivity index (χ4v) is 8.17. The number of aromatic nitrogens is 4. The van der Waals surface area contributed by atoms with Crippen molar-refractivity contribution in [1.82, 2.24) is 19.5 Å². The minimum atomic E-state index is 0.647. The monoisotopic (exact) mass is 630 g/mol. The van der Waals surface area contributed by atoms with Gasteiger partial charge in [0.1, 0.15) is 0 Å². The summed E-state index contributed by atoms with van der Waals surface area (Å²) in [5.74, 6) is 1.96. The van der Waals surface area contributed by atoms with Crippen LogP contribution in [0.4, 0.5) is 0 Å². The number of hydrogen-bond acceptors (Lipinski definition) is 4. The van der Waals surface area contributed by atoms with Crippen LogP contribution < -0.4 is 0 Å². The van der Waals surface area contributed by atoms with Crippen LogP contribution in [0, 0.1) is 0 Å². The molecule has 3 aromatic heterocycles. The van der Waals surface area contributed by atoms with E-state index < -0.39 is 0 Å². The van der Waals surface area contributed by atoms with Gasteiger partial charge in [0.2, 0.25) is 0 Å². The average Bonchev–Trinajstić information content (AvgIpc) is 3.71. The zero-order valence-corrected chi connectivity index (χ0v) is 26.5. The molecule has 7 aromatic carbocycles. The molecule has 10 aromatic rings. The van der Waals surface area contributed by atoms with Gasteiger partial charge < -0.3 is 4.57 Å². The lowest BCUT2D eigenvalue weighted by Crippen LogP contribution is -2.00. The van der Waals surface area contributed by atoms with Crippen LogP contribution >= 0.6 is 11.3 Å². The summed E-state index contributed by atoms with van der Waals surface area (Å²) in [5.41, 5.74) is 6.33. The third-order valence-corrected chi connectivity index (χ3v) is 10.4. The molecule has 48 heavy (non-hydrogen) atoms. The summed E-state index contributed by atoms with van der Waals surface area (Å²) < 4.78 is 5.03. The maximum Gasteiger partial charge on any atom is 0.164 e. The molecule has 0 radical (unpaired) electrons. The molecule has 0 N–H and O–H groups in total. The van der Waals surface area contributed by atoms with Crippen LogP contribution in [-0.2, 0) is 0 Å². The van der Waals surface area contributed by atoms with E-state index in [1.54, 1.807) is 0 Å². The highest BCUT2D eigenvalue weighted by Gasteiger charge is 2.20. The minimum Gasteiger partial charge on any atom is -0.309 e. The number of benzene rings is 7. The van der Waals surface area contributed by atoms with Crippen molar-refractivity contribution in [1.29, 1.82) is 0 Å². The van der Waals surface area contributed by atoms with Crippen molar-refractivity contribution in [2.75, 3.05) is 0 Å². The van der Waals surface area contributed by atoms with Crippen molar-refractivity contribution < 1.29 is 0 Å². The zero-order valence-electron chi connectivity index (χ0n) is 25.7. The van der Waals surface area contributed by atoms with Gasteiger partial charge in [0.05, 0.1) is 11.0 Å². The highest BCUT2D eigenvalue weighted by atomic mass is 32.1. The van der Waals surface area contributed by atoms with Crippen molar-refractivity contribution in [2.45, 2.75) is 0 Å². The zero-order chi connectivity index (χ0) is 31.6. The lowest BCUT2D eigenvalue weighted by atomic mass is 10.0. The summed E-state index contributed by atoms with van der Waals surface area (Å²) in [6, 6.07) is 55.5. The Balaban J connectivity index is 1.20. The third kappa shape index (κ3) is 4.18. The first-order valence-corrected chi connectivity index (χ1v) is 16.9. The van der Waals surface area contributed by atoms with E-state index in [0.29, 0.717) is 17.5 Å². The molecule has 0 amide bonds. The molecule has 0 aliphatic heterocycles. The number of thiophene rings is 1. The van der Waals surface area contributed by atoms with Crippen molar-refractivity contribution in [3.63, 3.8) is 0 Å². The van der Waals surface area contributed by atoms with Crippen LogP contribution in [-0.4, -0.2) is 19.5 Å². The molecule has 10 rings (SSSR count). The van der Waals surface area contributed by atoms with Gasteiger partial charge in [-0.05, 0) is 59.3 Å². The Morgan fingerprint density at radius 3 is 1.60 bits per heavy atom. The molecule has 224 valence electrons. The fourth-order valence-electron chi connectivity index (χ4n) is 7.06. The first-order chi connectivity index (χ1) is 23.8. The number of fused-ring (bicyclic) bond motifs is 9. The van der Waals surface area contributed by atoms with Gasteiger partial charge in [-0.15, -0.1) is 11.3 Å². The largest absolute Gasteiger partial charge is 0.309 e. The minimum absolute atomic E-state index is 0.647. The Bertz CT molecular complexity index is 2760. The van der Waals surface area contributed by atoms with Gasteiger partial charge in [0.15, 0.2) is 17.5 Å². The molecule has 5 heteroatoms. The summed E-state index contributed by atoms with van der Waals surface area (Å²) in [6.45, 7) is 0. The van der Waals surface area contributed by atoms with Crippen LogP contribution in [0.15, 0.2) is 158 Å². The Hall–Kier alpha value is -6.17. The molecule has 4 nitrogen and oxygen atoms in total. The number of hydrogen-bond donors (Lipinski definition) is 0. The molecule has 3 heterocycles. The average molecular weight is 631 g/mol. The van der Waals surface area contributed by atoms with E-state index in [-0.39, 0.29) is 0 Å². The van der Waals surface area contributed by atoms with Crippen molar-refractivity contribution in [2.24, 2.45) is 0 Å². The van der Waals surface area contributed by atoms with E-state index in [1.165, 1.54) is 52.8 Å². The maximum absolute atomic E-state index is 4.96. The summed E-state index contributed by atoms with van der Waals surface area (Å²) in [5, 5.41) is 7.75. The smallest absolute Gasteiger partial charge is 0.164 e. The predicted octanol–water partition coefficient (Wildman–Crippen LogP) is 11.5. The summed E-state index contributed by atoms with van der Waals surface area (Å²) >= 11 is 1.87. The Kier molecular flexibility index (Phi) is 6.01. The van der Waals surface area contributed by atoms with Gasteiger partial charge >= 0.3 is 0 Å². The molecule has 0 saturated heterocycles. The van der Waals surface area contributed by atoms with E-state index in [4.69, 9.17) is 15.0 Å². The van der Waals surface area contributed by atoms with E-state index >= 15 is 0 Å². The van der Waals surface area contributed by atoms with Gasteiger partial charge in [-0.2, -0.15) is 0 Å². The van der Waals surface area contributed by atoms with Crippen LogP contribution in [0.1, 0.15) is 0 Å². The lowest BCUT2D eigenvalue weighted by Gasteiger charge is -2.11. The van der Waals surface area contributed by atoms with Crippen LogP contribution in [0.2, 0.25) is 0 Å². The second-order valence-electron chi connectivity index (χ2n) is 12.0. The highest BCUT2D eigenvalue weighted by molar-refractivity contribution is 7.26. The molecule has 0 unspecified atom stereocenters. The Morgan fingerprint density at radius 2 is 0.917 bits per heavy atom. The molecule has 0 saturated carbocycles. The van der Waals surface area contributed by atoms with Crippen LogP contribution in [0.3, 0.4) is 0 Å². The van der Waals surface area contributed by atoms with E-state index in [0.717, 1.165) is 22.4 Å². The van der Waals surface area contributed by atoms with Gasteiger partial charge in [0.25, 0.3) is 0 Å². The Morgan fingerprint density at radius 1 is 0.375 bits per heavy atom. The topological polar surface area (TPSA) is 43.6 Å². The normalized spacial score (nSPS) is 11.8. The lowest BCUT2D eigenvalue weighted by molar-refractivity contribution is 1.07. The standard InChI is InChI=1S/C43H26N4S/c1-3-12-28(13-4-1)41-44-42(29-14-5-2-6-15-29)46-43(45-41)30-19-22-31(23-20-30)47-34-24-21-27-11-7-8-16-32(27)38(34)40-35(47)25-26-37-39(40)33-17-9-10-18-36(33)48-37/h1-26H. The molecule has 0 bridgehead atoms. The number of nitrogens with zero attached hydrogens (tertiary/aromatic N) is 4.